The van der Waals surface area contributed by atoms with E-state index >= 15 is 0 Å². The molecule has 5 nitrogen and oxygen atoms in total. The number of hydrogen-bond acceptors (Lipinski definition) is 3. The number of imidazole rings is 1. The van der Waals surface area contributed by atoms with Gasteiger partial charge in [-0.25, -0.2) is 4.98 Å². The summed E-state index contributed by atoms with van der Waals surface area (Å²) in [5.74, 6) is 0.750. The van der Waals surface area contributed by atoms with Crippen LogP contribution in [0, 0.1) is 0 Å². The highest BCUT2D eigenvalue weighted by Gasteiger charge is 2.32. The summed E-state index contributed by atoms with van der Waals surface area (Å²) in [7, 11) is 1.84. The molecule has 1 aliphatic rings. The smallest absolute Gasteiger partial charge is 0.233 e. The molecule has 3 aromatic rings. The summed E-state index contributed by atoms with van der Waals surface area (Å²) in [4.78, 5) is 26.2. The van der Waals surface area contributed by atoms with Crippen molar-refractivity contribution in [3.8, 4) is 0 Å². The van der Waals surface area contributed by atoms with Gasteiger partial charge in [-0.1, -0.05) is 18.2 Å². The highest BCUT2D eigenvalue weighted by Crippen LogP contribution is 2.29. The van der Waals surface area contributed by atoms with E-state index in [4.69, 9.17) is 0 Å². The normalized spacial score (nSPS) is 19.4. The van der Waals surface area contributed by atoms with Crippen molar-refractivity contribution < 1.29 is 4.79 Å². The molecule has 0 radical (unpaired) electrons. The second-order valence-electron chi connectivity index (χ2n) is 5.26. The first-order valence-electron chi connectivity index (χ1n) is 6.72. The zero-order valence-electron chi connectivity index (χ0n) is 11.1. The van der Waals surface area contributed by atoms with Crippen molar-refractivity contribution in [3.05, 3.63) is 36.3 Å². The van der Waals surface area contributed by atoms with Gasteiger partial charge in [0.1, 0.15) is 11.3 Å². The molecule has 20 heavy (non-hydrogen) atoms. The molecule has 100 valence electrons. The Labute approximate surface area is 115 Å². The van der Waals surface area contributed by atoms with Crippen LogP contribution in [0.3, 0.4) is 0 Å². The number of aromatic nitrogens is 3. The number of hydrogen-bond donors (Lipinski definition) is 1. The van der Waals surface area contributed by atoms with E-state index in [0.29, 0.717) is 0 Å². The van der Waals surface area contributed by atoms with E-state index in [1.54, 1.807) is 11.1 Å². The molecule has 1 saturated heterocycles. The summed E-state index contributed by atoms with van der Waals surface area (Å²) in [5, 5.41) is 1.04. The summed E-state index contributed by atoms with van der Waals surface area (Å²) in [6.45, 7) is 0.791. The zero-order chi connectivity index (χ0) is 13.7. The summed E-state index contributed by atoms with van der Waals surface area (Å²) >= 11 is 0. The molecule has 1 unspecified atom stereocenters. The van der Waals surface area contributed by atoms with Gasteiger partial charge in [0.25, 0.3) is 0 Å². The molecule has 4 rings (SSSR count). The lowest BCUT2D eigenvalue weighted by atomic mass is 10.1. The van der Waals surface area contributed by atoms with E-state index in [1.807, 2.05) is 31.3 Å². The first kappa shape index (κ1) is 11.4. The minimum absolute atomic E-state index is 0.140. The third-order valence-corrected chi connectivity index (χ3v) is 4.01. The lowest BCUT2D eigenvalue weighted by Gasteiger charge is -2.07. The number of likely N-dealkylation sites (tertiary alicyclic amines) is 1. The Morgan fingerprint density at radius 1 is 1.30 bits per heavy atom. The minimum atomic E-state index is -0.147. The van der Waals surface area contributed by atoms with Gasteiger partial charge in [0.2, 0.25) is 5.91 Å². The van der Waals surface area contributed by atoms with Gasteiger partial charge >= 0.3 is 0 Å². The Kier molecular flexibility index (Phi) is 2.30. The zero-order valence-corrected chi connectivity index (χ0v) is 11.1. The van der Waals surface area contributed by atoms with Crippen molar-refractivity contribution in [1.82, 2.24) is 19.9 Å². The third kappa shape index (κ3) is 1.52. The second kappa shape index (κ2) is 4.03. The summed E-state index contributed by atoms with van der Waals surface area (Å²) in [6, 6.07) is 7.95. The van der Waals surface area contributed by atoms with E-state index in [9.17, 15) is 4.79 Å². The first-order chi connectivity index (χ1) is 9.74. The van der Waals surface area contributed by atoms with Gasteiger partial charge in [-0.2, -0.15) is 0 Å². The van der Waals surface area contributed by atoms with Crippen molar-refractivity contribution in [2.24, 2.45) is 0 Å². The van der Waals surface area contributed by atoms with Crippen LogP contribution in [0.4, 0.5) is 0 Å². The van der Waals surface area contributed by atoms with Crippen molar-refractivity contribution in [3.63, 3.8) is 0 Å². The Morgan fingerprint density at radius 3 is 2.95 bits per heavy atom. The molecule has 1 amide bonds. The van der Waals surface area contributed by atoms with Gasteiger partial charge in [-0.3, -0.25) is 9.78 Å². The van der Waals surface area contributed by atoms with Gasteiger partial charge in [0.05, 0.1) is 23.1 Å². The van der Waals surface area contributed by atoms with Crippen LogP contribution >= 0.6 is 0 Å². The Morgan fingerprint density at radius 2 is 2.15 bits per heavy atom. The quantitative estimate of drug-likeness (QED) is 0.733. The van der Waals surface area contributed by atoms with Gasteiger partial charge in [0, 0.05) is 19.0 Å². The van der Waals surface area contributed by atoms with Crippen LogP contribution in [0.1, 0.15) is 18.2 Å². The van der Waals surface area contributed by atoms with E-state index in [2.05, 4.69) is 15.0 Å². The summed E-state index contributed by atoms with van der Waals surface area (Å²) in [6.07, 6.45) is 2.58. The highest BCUT2D eigenvalue weighted by atomic mass is 16.2. The fourth-order valence-electron chi connectivity index (χ4n) is 2.87. The van der Waals surface area contributed by atoms with Crippen LogP contribution in [0.5, 0.6) is 0 Å². The Bertz CT molecular complexity index is 823. The maximum Gasteiger partial charge on any atom is 0.233 e. The summed E-state index contributed by atoms with van der Waals surface area (Å²) in [5.41, 5.74) is 2.72. The van der Waals surface area contributed by atoms with E-state index in [0.717, 1.165) is 40.7 Å². The fourth-order valence-corrected chi connectivity index (χ4v) is 2.87. The second-order valence-corrected chi connectivity index (χ2v) is 5.26. The maximum atomic E-state index is 12.1. The molecular weight excluding hydrogens is 252 g/mol. The topological polar surface area (TPSA) is 61.9 Å². The molecule has 3 heterocycles. The average Bonchev–Trinajstić information content (AvgIpc) is 3.03. The number of carbonyl (C=O) groups excluding carboxylic acids is 1. The van der Waals surface area contributed by atoms with Crippen LogP contribution in [0.2, 0.25) is 0 Å². The Hall–Kier alpha value is -2.43. The van der Waals surface area contributed by atoms with Gasteiger partial charge in [-0.15, -0.1) is 0 Å². The number of H-pyrrole nitrogens is 1. The molecule has 0 bridgehead atoms. The van der Waals surface area contributed by atoms with Crippen LogP contribution in [0.25, 0.3) is 21.9 Å². The average molecular weight is 266 g/mol. The third-order valence-electron chi connectivity index (χ3n) is 4.01. The van der Waals surface area contributed by atoms with Crippen molar-refractivity contribution in [2.75, 3.05) is 13.6 Å². The number of carbonyl (C=O) groups is 1. The molecule has 5 heteroatoms. The maximum absolute atomic E-state index is 12.1. The molecule has 1 fully saturated rings. The van der Waals surface area contributed by atoms with Gasteiger partial charge in [-0.05, 0) is 12.5 Å². The largest absolute Gasteiger partial charge is 0.345 e. The first-order valence-corrected chi connectivity index (χ1v) is 6.72. The molecule has 2 aromatic heterocycles. The number of nitrogens with one attached hydrogen (secondary N) is 1. The predicted octanol–water partition coefficient (Wildman–Crippen LogP) is 2.06. The molecule has 0 saturated carbocycles. The van der Waals surface area contributed by atoms with Crippen LogP contribution in [-0.2, 0) is 4.79 Å². The van der Waals surface area contributed by atoms with Crippen LogP contribution in [0.15, 0.2) is 30.5 Å². The lowest BCUT2D eigenvalue weighted by molar-refractivity contribution is -0.127. The molecule has 1 aliphatic heterocycles. The lowest BCUT2D eigenvalue weighted by Crippen LogP contribution is -2.22. The number of benzene rings is 1. The monoisotopic (exact) mass is 266 g/mol. The van der Waals surface area contributed by atoms with Crippen molar-refractivity contribution in [1.29, 1.82) is 0 Å². The van der Waals surface area contributed by atoms with Crippen LogP contribution < -0.4 is 0 Å². The SMILES string of the molecule is CN1CCC(c2nc3cnc4ccccc4c3[nH]2)C1=O. The van der Waals surface area contributed by atoms with Crippen LogP contribution in [-0.4, -0.2) is 39.4 Å². The van der Waals surface area contributed by atoms with Crippen molar-refractivity contribution in [2.45, 2.75) is 12.3 Å². The Balaban J connectivity index is 1.91. The number of rotatable bonds is 1. The number of fused-ring (bicyclic) bond motifs is 3. The number of para-hydroxylation sites is 1. The van der Waals surface area contributed by atoms with Gasteiger partial charge in [0.15, 0.2) is 0 Å². The van der Waals surface area contributed by atoms with Crippen molar-refractivity contribution >= 4 is 27.8 Å². The molecule has 1 N–H and O–H groups in total. The molecule has 1 aromatic carbocycles. The molecule has 0 aliphatic carbocycles. The van der Waals surface area contributed by atoms with Gasteiger partial charge < -0.3 is 9.88 Å². The van der Waals surface area contributed by atoms with E-state index in [-0.39, 0.29) is 11.8 Å². The molecule has 1 atom stereocenters. The number of pyridine rings is 1. The molecular formula is C15H14N4O. The van der Waals surface area contributed by atoms with E-state index in [1.165, 1.54) is 0 Å². The number of aromatic amines is 1. The fraction of sp³-hybridized carbons (Fsp3) is 0.267. The summed E-state index contributed by atoms with van der Waals surface area (Å²) < 4.78 is 0. The highest BCUT2D eigenvalue weighted by molar-refractivity contribution is 6.02. The van der Waals surface area contributed by atoms with E-state index < -0.39 is 0 Å². The minimum Gasteiger partial charge on any atom is -0.345 e. The predicted molar refractivity (Wildman–Crippen MR) is 76.4 cm³/mol. The number of nitrogens with zero attached hydrogens (tertiary/aromatic N) is 3. The number of likely N-dealkylation sites (N-methyl/N-ethyl adjacent to an activating group) is 1. The standard InChI is InChI=1S/C15H14N4O/c1-19-7-6-10(15(19)20)14-17-12-8-16-11-5-3-2-4-9(11)13(12)18-14/h2-5,8,10H,6-7H2,1H3,(H,17,18). The molecule has 0 spiro atoms. The number of amides is 1.